The quantitative estimate of drug-likeness (QED) is 0.392. The highest BCUT2D eigenvalue weighted by atomic mass is 32.1. The van der Waals surface area contributed by atoms with Gasteiger partial charge in [-0.15, -0.1) is 0 Å². The van der Waals surface area contributed by atoms with E-state index in [0.717, 1.165) is 5.56 Å². The van der Waals surface area contributed by atoms with E-state index in [-0.39, 0.29) is 5.11 Å². The van der Waals surface area contributed by atoms with Gasteiger partial charge < -0.3 is 19.2 Å². The maximum absolute atomic E-state index is 12.7. The molecule has 0 saturated carbocycles. The number of fused-ring (bicyclic) bond motifs is 1. The number of benzene rings is 3. The number of amides is 1. The number of methoxy groups -OCH3 is 2. The fourth-order valence-corrected chi connectivity index (χ4v) is 3.53. The van der Waals surface area contributed by atoms with E-state index in [1.807, 2.05) is 30.3 Å². The third-order valence-electron chi connectivity index (χ3n) is 5.28. The summed E-state index contributed by atoms with van der Waals surface area (Å²) in [5.74, 6) is 1.13. The van der Waals surface area contributed by atoms with Crippen LogP contribution in [0.5, 0.6) is 11.5 Å². The molecule has 0 aliphatic carbocycles. The Kier molecular flexibility index (Phi) is 6.28. The summed E-state index contributed by atoms with van der Waals surface area (Å²) in [5, 5.41) is 5.83. The summed E-state index contributed by atoms with van der Waals surface area (Å²) >= 11 is 5.32. The van der Waals surface area contributed by atoms with Gasteiger partial charge in [0, 0.05) is 17.3 Å². The minimum atomic E-state index is -0.397. The molecule has 8 heteroatoms. The molecule has 0 atom stereocenters. The summed E-state index contributed by atoms with van der Waals surface area (Å²) in [6.07, 6.45) is 0. The number of anilines is 1. The second kappa shape index (κ2) is 9.30. The molecule has 0 aliphatic heterocycles. The number of thiocarbonyl (C=S) groups is 1. The minimum absolute atomic E-state index is 0.148. The van der Waals surface area contributed by atoms with Crippen molar-refractivity contribution < 1.29 is 18.7 Å². The molecule has 1 aromatic heterocycles. The maximum atomic E-state index is 12.7. The van der Waals surface area contributed by atoms with E-state index in [1.165, 1.54) is 18.2 Å². The van der Waals surface area contributed by atoms with Gasteiger partial charge in [0.2, 0.25) is 5.89 Å². The van der Waals surface area contributed by atoms with Gasteiger partial charge in [-0.2, -0.15) is 0 Å². The number of carbonyl (C=O) groups is 1. The van der Waals surface area contributed by atoms with Crippen LogP contribution in [-0.4, -0.2) is 30.2 Å². The van der Waals surface area contributed by atoms with Crippen LogP contribution < -0.4 is 20.1 Å². The first kappa shape index (κ1) is 22.3. The van der Waals surface area contributed by atoms with Gasteiger partial charge in [0.05, 0.1) is 19.8 Å². The lowest BCUT2D eigenvalue weighted by Gasteiger charge is -2.12. The van der Waals surface area contributed by atoms with Crippen molar-refractivity contribution in [3.8, 4) is 23.0 Å². The molecule has 0 unspecified atom stereocenters. The van der Waals surface area contributed by atoms with Gasteiger partial charge in [0.1, 0.15) is 17.0 Å². The van der Waals surface area contributed by atoms with Crippen molar-refractivity contribution in [2.75, 3.05) is 19.5 Å². The molecule has 4 rings (SSSR count). The van der Waals surface area contributed by atoms with Crippen molar-refractivity contribution in [1.82, 2.24) is 10.3 Å². The molecular weight excluding hydrogens is 438 g/mol. The molecule has 0 bridgehead atoms. The van der Waals surface area contributed by atoms with Crippen molar-refractivity contribution in [3.63, 3.8) is 0 Å². The van der Waals surface area contributed by atoms with Gasteiger partial charge >= 0.3 is 0 Å². The Bertz CT molecular complexity index is 1360. The zero-order valence-electron chi connectivity index (χ0n) is 18.7. The maximum Gasteiger partial charge on any atom is 0.261 e. The number of aryl methyl sites for hydroxylation is 2. The monoisotopic (exact) mass is 461 g/mol. The average molecular weight is 462 g/mol. The number of hydrogen-bond donors (Lipinski definition) is 2. The van der Waals surface area contributed by atoms with E-state index >= 15 is 0 Å². The topological polar surface area (TPSA) is 85.6 Å². The number of carbonyl (C=O) groups excluding carboxylic acids is 1. The molecule has 4 aromatic rings. The van der Waals surface area contributed by atoms with Gasteiger partial charge in [-0.25, -0.2) is 4.98 Å². The highest BCUT2D eigenvalue weighted by Gasteiger charge is 2.15. The number of ether oxygens (including phenoxy) is 2. The first-order chi connectivity index (χ1) is 15.9. The fourth-order valence-electron chi connectivity index (χ4n) is 3.32. The van der Waals surface area contributed by atoms with Crippen LogP contribution in [0.2, 0.25) is 0 Å². The first-order valence-corrected chi connectivity index (χ1v) is 10.6. The van der Waals surface area contributed by atoms with E-state index in [2.05, 4.69) is 35.5 Å². The number of oxazole rings is 1. The summed E-state index contributed by atoms with van der Waals surface area (Å²) in [4.78, 5) is 17.3. The summed E-state index contributed by atoms with van der Waals surface area (Å²) in [7, 11) is 3.03. The van der Waals surface area contributed by atoms with E-state index in [1.54, 1.807) is 25.3 Å². The van der Waals surface area contributed by atoms with E-state index in [0.29, 0.717) is 39.7 Å². The van der Waals surface area contributed by atoms with E-state index < -0.39 is 5.91 Å². The summed E-state index contributed by atoms with van der Waals surface area (Å²) in [6, 6.07) is 16.5. The van der Waals surface area contributed by atoms with E-state index in [9.17, 15) is 4.79 Å². The van der Waals surface area contributed by atoms with Crippen molar-refractivity contribution in [1.29, 1.82) is 0 Å². The molecule has 0 spiro atoms. The number of nitrogens with one attached hydrogen (secondary N) is 2. The van der Waals surface area contributed by atoms with Crippen molar-refractivity contribution in [2.45, 2.75) is 13.8 Å². The molecule has 1 amide bonds. The highest BCUT2D eigenvalue weighted by Crippen LogP contribution is 2.28. The van der Waals surface area contributed by atoms with Crippen molar-refractivity contribution >= 4 is 40.0 Å². The van der Waals surface area contributed by atoms with Crippen LogP contribution >= 0.6 is 12.2 Å². The lowest BCUT2D eigenvalue weighted by Crippen LogP contribution is -2.34. The second-order valence-corrected chi connectivity index (χ2v) is 7.88. The molecule has 33 heavy (non-hydrogen) atoms. The van der Waals surface area contributed by atoms with Crippen LogP contribution in [0.15, 0.2) is 59.0 Å². The summed E-state index contributed by atoms with van der Waals surface area (Å²) in [5.41, 5.74) is 5.66. The zero-order chi connectivity index (χ0) is 23.5. The number of rotatable bonds is 5. The van der Waals surface area contributed by atoms with Crippen LogP contribution in [0.4, 0.5) is 5.69 Å². The third-order valence-corrected chi connectivity index (χ3v) is 5.48. The van der Waals surface area contributed by atoms with Crippen molar-refractivity contribution in [2.24, 2.45) is 0 Å². The molecular formula is C25H23N3O4S. The predicted molar refractivity (Wildman–Crippen MR) is 132 cm³/mol. The first-order valence-electron chi connectivity index (χ1n) is 10.2. The number of nitrogens with zero attached hydrogens (tertiary/aromatic N) is 1. The highest BCUT2D eigenvalue weighted by molar-refractivity contribution is 7.80. The molecule has 0 saturated heterocycles. The second-order valence-electron chi connectivity index (χ2n) is 7.48. The lowest BCUT2D eigenvalue weighted by atomic mass is 10.1. The molecule has 0 radical (unpaired) electrons. The Morgan fingerprint density at radius 2 is 1.79 bits per heavy atom. The molecule has 0 aliphatic rings. The molecule has 3 aromatic carbocycles. The minimum Gasteiger partial charge on any atom is -0.497 e. The van der Waals surface area contributed by atoms with Crippen LogP contribution in [0.25, 0.3) is 22.6 Å². The van der Waals surface area contributed by atoms with E-state index in [4.69, 9.17) is 26.1 Å². The Morgan fingerprint density at radius 3 is 2.52 bits per heavy atom. The Morgan fingerprint density at radius 1 is 0.970 bits per heavy atom. The lowest BCUT2D eigenvalue weighted by molar-refractivity contribution is 0.0974. The molecule has 0 fully saturated rings. The largest absolute Gasteiger partial charge is 0.497 e. The number of hydrogen-bond acceptors (Lipinski definition) is 6. The Balaban J connectivity index is 1.49. The van der Waals surface area contributed by atoms with Gasteiger partial charge in [0.25, 0.3) is 5.91 Å². The molecule has 168 valence electrons. The van der Waals surface area contributed by atoms with Crippen LogP contribution in [0, 0.1) is 13.8 Å². The summed E-state index contributed by atoms with van der Waals surface area (Å²) in [6.45, 7) is 4.12. The van der Waals surface area contributed by atoms with Crippen molar-refractivity contribution in [3.05, 3.63) is 71.3 Å². The normalized spacial score (nSPS) is 10.7. The van der Waals surface area contributed by atoms with Gasteiger partial charge in [-0.05, 0) is 79.7 Å². The number of aromatic nitrogens is 1. The SMILES string of the molecule is COc1ccc(C(=O)NC(=S)Nc2ccc3oc(-c4ccc(C)c(C)c4)nc3c2)c(OC)c1. The molecule has 1 heterocycles. The predicted octanol–water partition coefficient (Wildman–Crippen LogP) is 5.26. The van der Waals surface area contributed by atoms with Gasteiger partial charge in [-0.1, -0.05) is 6.07 Å². The van der Waals surface area contributed by atoms with Crippen LogP contribution in [-0.2, 0) is 0 Å². The van der Waals surface area contributed by atoms with Crippen LogP contribution in [0.3, 0.4) is 0 Å². The Labute approximate surface area is 196 Å². The molecule has 7 nitrogen and oxygen atoms in total. The average Bonchev–Trinajstić information content (AvgIpc) is 3.23. The fraction of sp³-hybridized carbons (Fsp3) is 0.160. The Hall–Kier alpha value is -3.91. The standard InChI is InChI=1S/C25H23N3O4S/c1-14-5-6-16(11-15(14)2)24-27-20-12-17(7-10-21(20)32-24)26-25(33)28-23(29)19-9-8-18(30-3)13-22(19)31-4/h5-13H,1-4H3,(H2,26,28,29,33). The third kappa shape index (κ3) is 4.80. The van der Waals surface area contributed by atoms with Gasteiger partial charge in [-0.3, -0.25) is 10.1 Å². The van der Waals surface area contributed by atoms with Crippen LogP contribution in [0.1, 0.15) is 21.5 Å². The smallest absolute Gasteiger partial charge is 0.261 e. The molecule has 2 N–H and O–H groups in total. The zero-order valence-corrected chi connectivity index (χ0v) is 19.5. The summed E-state index contributed by atoms with van der Waals surface area (Å²) < 4.78 is 16.4. The van der Waals surface area contributed by atoms with Gasteiger partial charge in [0.15, 0.2) is 10.7 Å².